The number of esters is 1. The van der Waals surface area contributed by atoms with Gasteiger partial charge in [-0.05, 0) is 49.4 Å². The number of thioether (sulfide) groups is 1. The van der Waals surface area contributed by atoms with Gasteiger partial charge >= 0.3 is 5.97 Å². The Bertz CT molecular complexity index is 998. The Balaban J connectivity index is 1.54. The highest BCUT2D eigenvalue weighted by atomic mass is 32.2. The van der Waals surface area contributed by atoms with E-state index in [9.17, 15) is 9.59 Å². The van der Waals surface area contributed by atoms with Crippen molar-refractivity contribution in [2.75, 3.05) is 5.32 Å². The molecule has 0 unspecified atom stereocenters. The van der Waals surface area contributed by atoms with Gasteiger partial charge in [-0.25, -0.2) is 4.79 Å². The number of nitrogens with zero attached hydrogens (tertiary/aromatic N) is 1. The number of amides is 1. The number of hydrogen-bond donors (Lipinski definition) is 1. The van der Waals surface area contributed by atoms with Gasteiger partial charge in [0.1, 0.15) is 6.61 Å². The molecule has 0 aliphatic carbocycles. The smallest absolute Gasteiger partial charge is 0.340 e. The molecular formula is C21H18N2O3S. The lowest BCUT2D eigenvalue weighted by Crippen LogP contribution is -2.22. The monoisotopic (exact) mass is 378 g/mol. The van der Waals surface area contributed by atoms with E-state index in [1.165, 1.54) is 11.8 Å². The Morgan fingerprint density at radius 2 is 1.96 bits per heavy atom. The normalized spacial score (nSPS) is 13.7. The van der Waals surface area contributed by atoms with E-state index < -0.39 is 5.97 Å². The van der Waals surface area contributed by atoms with Crippen LogP contribution in [0.4, 0.5) is 5.69 Å². The molecule has 136 valence electrons. The fraction of sp³-hybridized carbons (Fsp3) is 0.143. The number of nitrogens with one attached hydrogen (secondary N) is 1. The van der Waals surface area contributed by atoms with Crippen molar-refractivity contribution in [3.05, 3.63) is 78.1 Å². The van der Waals surface area contributed by atoms with E-state index in [0.29, 0.717) is 11.3 Å². The number of anilines is 1. The Morgan fingerprint density at radius 3 is 2.78 bits per heavy atom. The van der Waals surface area contributed by atoms with Gasteiger partial charge < -0.3 is 14.6 Å². The van der Waals surface area contributed by atoms with Gasteiger partial charge in [0.15, 0.2) is 0 Å². The van der Waals surface area contributed by atoms with Gasteiger partial charge in [-0.2, -0.15) is 0 Å². The van der Waals surface area contributed by atoms with E-state index in [2.05, 4.69) is 5.32 Å². The first-order valence-corrected chi connectivity index (χ1v) is 9.50. The van der Waals surface area contributed by atoms with Gasteiger partial charge in [-0.1, -0.05) is 18.2 Å². The van der Waals surface area contributed by atoms with E-state index >= 15 is 0 Å². The molecule has 0 radical (unpaired) electrons. The van der Waals surface area contributed by atoms with Gasteiger partial charge in [-0.3, -0.25) is 4.79 Å². The molecule has 1 aromatic heterocycles. The molecule has 2 aromatic carbocycles. The van der Waals surface area contributed by atoms with Crippen LogP contribution in [0, 0.1) is 0 Å². The molecule has 0 bridgehead atoms. The van der Waals surface area contributed by atoms with Crippen LogP contribution in [0.15, 0.2) is 71.8 Å². The molecule has 1 aliphatic rings. The maximum atomic E-state index is 12.5. The fourth-order valence-electron chi connectivity index (χ4n) is 2.97. The number of carbonyl (C=O) groups excluding carboxylic acids is 2. The predicted molar refractivity (Wildman–Crippen MR) is 105 cm³/mol. The molecule has 5 nitrogen and oxygen atoms in total. The van der Waals surface area contributed by atoms with Gasteiger partial charge in [0.05, 0.1) is 22.2 Å². The highest BCUT2D eigenvalue weighted by Crippen LogP contribution is 2.27. The van der Waals surface area contributed by atoms with Crippen LogP contribution in [-0.4, -0.2) is 21.7 Å². The number of cyclic esters (lactones) is 1. The van der Waals surface area contributed by atoms with Crippen LogP contribution in [0.5, 0.6) is 0 Å². The summed E-state index contributed by atoms with van der Waals surface area (Å²) in [5.74, 6) is -0.510. The van der Waals surface area contributed by atoms with Crippen LogP contribution in [0.3, 0.4) is 0 Å². The summed E-state index contributed by atoms with van der Waals surface area (Å²) in [4.78, 5) is 25.9. The number of aromatic nitrogens is 1. The van der Waals surface area contributed by atoms with E-state index in [-0.39, 0.29) is 17.8 Å². The molecule has 1 aliphatic heterocycles. The lowest BCUT2D eigenvalue weighted by molar-refractivity contribution is -0.115. The first-order valence-electron chi connectivity index (χ1n) is 8.62. The van der Waals surface area contributed by atoms with Crippen LogP contribution < -0.4 is 5.32 Å². The maximum Gasteiger partial charge on any atom is 0.340 e. The Morgan fingerprint density at radius 1 is 1.15 bits per heavy atom. The molecule has 0 saturated heterocycles. The molecule has 0 spiro atoms. The van der Waals surface area contributed by atoms with Crippen LogP contribution in [0.1, 0.15) is 23.0 Å². The Labute approximate surface area is 161 Å². The van der Waals surface area contributed by atoms with Crippen molar-refractivity contribution in [2.24, 2.45) is 0 Å². The first kappa shape index (κ1) is 17.4. The zero-order valence-electron chi connectivity index (χ0n) is 14.7. The maximum absolute atomic E-state index is 12.5. The average Bonchev–Trinajstić information content (AvgIpc) is 3.10. The van der Waals surface area contributed by atoms with Crippen molar-refractivity contribution in [1.82, 2.24) is 4.57 Å². The third-order valence-electron chi connectivity index (χ3n) is 4.35. The SMILES string of the molecule is C[C@@H](Sc1ccccc1)C(=O)Nc1ccc2c(c1)C(=O)OCc1cccn1-2. The highest BCUT2D eigenvalue weighted by molar-refractivity contribution is 8.00. The molecule has 3 aromatic rings. The van der Waals surface area contributed by atoms with E-state index in [1.807, 2.05) is 66.2 Å². The molecule has 1 N–H and O–H groups in total. The zero-order chi connectivity index (χ0) is 18.8. The second-order valence-corrected chi connectivity index (χ2v) is 7.65. The van der Waals surface area contributed by atoms with E-state index in [0.717, 1.165) is 16.3 Å². The highest BCUT2D eigenvalue weighted by Gasteiger charge is 2.22. The molecular weight excluding hydrogens is 360 g/mol. The third kappa shape index (κ3) is 3.61. The minimum Gasteiger partial charge on any atom is -0.456 e. The lowest BCUT2D eigenvalue weighted by Gasteiger charge is -2.14. The van der Waals surface area contributed by atoms with Crippen molar-refractivity contribution in [2.45, 2.75) is 23.7 Å². The standard InChI is InChI=1S/C21H18N2O3S/c1-14(27-17-7-3-2-4-8-17)20(24)22-15-9-10-19-18(12-15)21(25)26-13-16-6-5-11-23(16)19/h2-12,14H,13H2,1H3,(H,22,24)/t14-/m1/s1. The first-order chi connectivity index (χ1) is 13.1. The molecule has 4 rings (SSSR count). The van der Waals surface area contributed by atoms with E-state index in [1.54, 1.807) is 12.1 Å². The number of rotatable bonds is 4. The summed E-state index contributed by atoms with van der Waals surface area (Å²) in [5, 5.41) is 2.62. The van der Waals surface area contributed by atoms with Gasteiger partial charge in [0, 0.05) is 16.8 Å². The number of carbonyl (C=O) groups is 2. The van der Waals surface area contributed by atoms with Crippen molar-refractivity contribution >= 4 is 29.3 Å². The predicted octanol–water partition coefficient (Wildman–Crippen LogP) is 4.27. The second kappa shape index (κ2) is 7.32. The zero-order valence-corrected chi connectivity index (χ0v) is 15.5. The number of fused-ring (bicyclic) bond motifs is 3. The second-order valence-electron chi connectivity index (χ2n) is 6.24. The van der Waals surface area contributed by atoms with Crippen molar-refractivity contribution in [3.8, 4) is 5.69 Å². The Kier molecular flexibility index (Phi) is 4.73. The van der Waals surface area contributed by atoms with Crippen LogP contribution >= 0.6 is 11.8 Å². The summed E-state index contributed by atoms with van der Waals surface area (Å²) in [7, 11) is 0. The van der Waals surface area contributed by atoms with Crippen LogP contribution in [-0.2, 0) is 16.1 Å². The largest absolute Gasteiger partial charge is 0.456 e. The van der Waals surface area contributed by atoms with Crippen LogP contribution in [0.25, 0.3) is 5.69 Å². The molecule has 2 heterocycles. The number of benzene rings is 2. The van der Waals surface area contributed by atoms with Crippen molar-refractivity contribution < 1.29 is 14.3 Å². The molecule has 27 heavy (non-hydrogen) atoms. The van der Waals surface area contributed by atoms with Gasteiger partial charge in [0.25, 0.3) is 0 Å². The van der Waals surface area contributed by atoms with Crippen molar-refractivity contribution in [3.63, 3.8) is 0 Å². The molecule has 1 amide bonds. The summed E-state index contributed by atoms with van der Waals surface area (Å²) < 4.78 is 7.25. The minimum atomic E-state index is -0.392. The third-order valence-corrected chi connectivity index (χ3v) is 5.47. The van der Waals surface area contributed by atoms with Gasteiger partial charge in [-0.15, -0.1) is 11.8 Å². The molecule has 0 saturated carbocycles. The Hall–Kier alpha value is -2.99. The minimum absolute atomic E-state index is 0.118. The fourth-order valence-corrected chi connectivity index (χ4v) is 3.86. The quantitative estimate of drug-likeness (QED) is 0.544. The van der Waals surface area contributed by atoms with Crippen molar-refractivity contribution in [1.29, 1.82) is 0 Å². The summed E-state index contributed by atoms with van der Waals surface area (Å²) in [6, 6.07) is 18.9. The number of hydrogen-bond acceptors (Lipinski definition) is 4. The average molecular weight is 378 g/mol. The van der Waals surface area contributed by atoms with Gasteiger partial charge in [0.2, 0.25) is 5.91 Å². The summed E-state index contributed by atoms with van der Waals surface area (Å²) in [6.07, 6.45) is 1.90. The lowest BCUT2D eigenvalue weighted by atomic mass is 10.1. The summed E-state index contributed by atoms with van der Waals surface area (Å²) in [6.45, 7) is 2.09. The molecule has 6 heteroatoms. The summed E-state index contributed by atoms with van der Waals surface area (Å²) in [5.41, 5.74) is 2.67. The molecule has 1 atom stereocenters. The topological polar surface area (TPSA) is 60.3 Å². The summed E-state index contributed by atoms with van der Waals surface area (Å²) >= 11 is 1.49. The van der Waals surface area contributed by atoms with Crippen LogP contribution in [0.2, 0.25) is 0 Å². The number of ether oxygens (including phenoxy) is 1. The molecule has 0 fully saturated rings. The van der Waals surface area contributed by atoms with E-state index in [4.69, 9.17) is 4.74 Å².